The first-order valence-electron chi connectivity index (χ1n) is 5.41. The summed E-state index contributed by atoms with van der Waals surface area (Å²) in [4.78, 5) is 1.21. The van der Waals surface area contributed by atoms with Gasteiger partial charge in [-0.15, -0.1) is 22.0 Å². The van der Waals surface area contributed by atoms with E-state index in [-0.39, 0.29) is 0 Å². The van der Waals surface area contributed by atoms with Gasteiger partial charge < -0.3 is 10.3 Å². The lowest BCUT2D eigenvalue weighted by atomic mass is 10.2. The van der Waals surface area contributed by atoms with Crippen molar-refractivity contribution in [3.63, 3.8) is 0 Å². The van der Waals surface area contributed by atoms with Crippen molar-refractivity contribution < 1.29 is 0 Å². The van der Waals surface area contributed by atoms with Crippen LogP contribution in [0.25, 0.3) is 0 Å². The molecule has 1 heterocycles. The van der Waals surface area contributed by atoms with E-state index in [4.69, 9.17) is 5.73 Å². The molecule has 0 unspecified atom stereocenters. The van der Waals surface area contributed by atoms with E-state index < -0.39 is 0 Å². The highest BCUT2D eigenvalue weighted by Gasteiger charge is 2.05. The molecule has 0 radical (unpaired) electrons. The molecule has 0 saturated heterocycles. The predicted molar refractivity (Wildman–Crippen MR) is 70.9 cm³/mol. The lowest BCUT2D eigenvalue weighted by Gasteiger charge is -2.05. The van der Waals surface area contributed by atoms with Crippen molar-refractivity contribution in [3.8, 4) is 0 Å². The van der Waals surface area contributed by atoms with E-state index in [2.05, 4.69) is 16.3 Å². The van der Waals surface area contributed by atoms with Gasteiger partial charge in [0.2, 0.25) is 0 Å². The second-order valence-electron chi connectivity index (χ2n) is 4.03. The molecule has 1 aromatic heterocycles. The van der Waals surface area contributed by atoms with E-state index in [9.17, 15) is 0 Å². The minimum atomic E-state index is 0.820. The molecule has 0 aliphatic heterocycles. The number of aryl methyl sites for hydroxylation is 2. The molecule has 1 aromatic carbocycles. The second-order valence-corrected chi connectivity index (χ2v) is 5.08. The monoisotopic (exact) mass is 248 g/mol. The summed E-state index contributed by atoms with van der Waals surface area (Å²) in [5.41, 5.74) is 7.74. The van der Waals surface area contributed by atoms with Crippen LogP contribution in [0, 0.1) is 13.8 Å². The molecule has 2 rings (SSSR count). The summed E-state index contributed by atoms with van der Waals surface area (Å²) < 4.78 is 2.01. The van der Waals surface area contributed by atoms with Crippen molar-refractivity contribution in [1.29, 1.82) is 0 Å². The van der Waals surface area contributed by atoms with Gasteiger partial charge in [0.25, 0.3) is 0 Å². The molecule has 0 saturated carbocycles. The van der Waals surface area contributed by atoms with Gasteiger partial charge in [-0.05, 0) is 37.6 Å². The third kappa shape index (κ3) is 2.61. The Morgan fingerprint density at radius 1 is 1.29 bits per heavy atom. The molecular weight excluding hydrogens is 232 g/mol. The number of hydrogen-bond donors (Lipinski definition) is 1. The Morgan fingerprint density at radius 2 is 2.06 bits per heavy atom. The van der Waals surface area contributed by atoms with Gasteiger partial charge in [0.1, 0.15) is 11.6 Å². The van der Waals surface area contributed by atoms with Crippen LogP contribution in [-0.2, 0) is 12.8 Å². The Hall–Kier alpha value is -1.49. The molecule has 2 N–H and O–H groups in total. The van der Waals surface area contributed by atoms with E-state index in [0.717, 1.165) is 28.7 Å². The smallest absolute Gasteiger partial charge is 0.143 e. The molecule has 0 atom stereocenters. The van der Waals surface area contributed by atoms with E-state index in [1.54, 1.807) is 11.8 Å². The van der Waals surface area contributed by atoms with Gasteiger partial charge in [0.15, 0.2) is 0 Å². The Bertz CT molecular complexity index is 533. The Balaban J connectivity index is 2.07. The molecule has 2 aromatic rings. The van der Waals surface area contributed by atoms with Gasteiger partial charge in [-0.25, -0.2) is 0 Å². The average Bonchev–Trinajstić information content (AvgIpc) is 2.62. The molecule has 0 amide bonds. The van der Waals surface area contributed by atoms with Crippen molar-refractivity contribution in [2.24, 2.45) is 7.05 Å². The molecule has 0 bridgehead atoms. The summed E-state index contributed by atoms with van der Waals surface area (Å²) in [7, 11) is 1.99. The molecule has 5 heteroatoms. The van der Waals surface area contributed by atoms with E-state index in [0.29, 0.717) is 0 Å². The van der Waals surface area contributed by atoms with Crippen molar-refractivity contribution in [2.75, 3.05) is 5.73 Å². The van der Waals surface area contributed by atoms with Gasteiger partial charge in [-0.1, -0.05) is 0 Å². The number of aromatic nitrogens is 3. The minimum absolute atomic E-state index is 0.820. The van der Waals surface area contributed by atoms with Crippen LogP contribution in [0.15, 0.2) is 23.1 Å². The summed E-state index contributed by atoms with van der Waals surface area (Å²) >= 11 is 1.74. The van der Waals surface area contributed by atoms with Gasteiger partial charge in [0, 0.05) is 17.6 Å². The Kier molecular flexibility index (Phi) is 3.38. The second kappa shape index (κ2) is 4.79. The first kappa shape index (κ1) is 12.0. The van der Waals surface area contributed by atoms with Crippen LogP contribution in [0.1, 0.15) is 17.2 Å². The highest BCUT2D eigenvalue weighted by molar-refractivity contribution is 7.98. The molecule has 4 nitrogen and oxygen atoms in total. The average molecular weight is 248 g/mol. The van der Waals surface area contributed by atoms with E-state index >= 15 is 0 Å². The van der Waals surface area contributed by atoms with Crippen LogP contribution in [-0.4, -0.2) is 14.8 Å². The van der Waals surface area contributed by atoms with Gasteiger partial charge in [-0.2, -0.15) is 0 Å². The fourth-order valence-corrected chi connectivity index (χ4v) is 2.43. The van der Waals surface area contributed by atoms with E-state index in [1.807, 2.05) is 37.6 Å². The quantitative estimate of drug-likeness (QED) is 0.669. The molecule has 17 heavy (non-hydrogen) atoms. The number of nitrogens with two attached hydrogens (primary N) is 1. The number of benzene rings is 1. The van der Waals surface area contributed by atoms with Crippen molar-refractivity contribution in [1.82, 2.24) is 14.8 Å². The third-order valence-electron chi connectivity index (χ3n) is 2.79. The first-order chi connectivity index (χ1) is 8.08. The fourth-order valence-electron chi connectivity index (χ4n) is 1.46. The van der Waals surface area contributed by atoms with Gasteiger partial charge in [-0.3, -0.25) is 0 Å². The minimum Gasteiger partial charge on any atom is -0.399 e. The maximum atomic E-state index is 5.79. The normalized spacial score (nSPS) is 10.8. The lowest BCUT2D eigenvalue weighted by Crippen LogP contribution is -1.97. The lowest BCUT2D eigenvalue weighted by molar-refractivity contribution is 0.817. The molecule has 0 spiro atoms. The third-order valence-corrected chi connectivity index (χ3v) is 3.78. The highest BCUT2D eigenvalue weighted by Crippen LogP contribution is 2.25. The van der Waals surface area contributed by atoms with Crippen LogP contribution >= 0.6 is 11.8 Å². The summed E-state index contributed by atoms with van der Waals surface area (Å²) in [6.07, 6.45) is 0. The van der Waals surface area contributed by atoms with E-state index in [1.165, 1.54) is 4.90 Å². The number of hydrogen-bond acceptors (Lipinski definition) is 4. The van der Waals surface area contributed by atoms with Crippen molar-refractivity contribution >= 4 is 17.4 Å². The number of rotatable bonds is 3. The highest BCUT2D eigenvalue weighted by atomic mass is 32.2. The maximum absolute atomic E-state index is 5.79. The van der Waals surface area contributed by atoms with Crippen LogP contribution in [0.4, 0.5) is 5.69 Å². The number of anilines is 1. The Labute approximate surface area is 105 Å². The predicted octanol–water partition coefficient (Wildman–Crippen LogP) is 2.31. The van der Waals surface area contributed by atoms with Crippen LogP contribution in [0.2, 0.25) is 0 Å². The summed E-state index contributed by atoms with van der Waals surface area (Å²) in [6.45, 7) is 3.97. The Morgan fingerprint density at radius 3 is 2.65 bits per heavy atom. The molecule has 0 aliphatic rings. The number of thioether (sulfide) groups is 1. The fraction of sp³-hybridized carbons (Fsp3) is 0.333. The molecular formula is C12H16N4S. The molecule has 90 valence electrons. The number of nitrogens with zero attached hydrogens (tertiary/aromatic N) is 3. The SMILES string of the molecule is Cc1cc(SCc2nnc(C)n2C)ccc1N. The van der Waals surface area contributed by atoms with Crippen LogP contribution in [0.3, 0.4) is 0 Å². The van der Waals surface area contributed by atoms with Gasteiger partial charge in [0.05, 0.1) is 5.75 Å². The van der Waals surface area contributed by atoms with Crippen molar-refractivity contribution in [3.05, 3.63) is 35.4 Å². The number of nitrogen functional groups attached to an aromatic ring is 1. The zero-order valence-electron chi connectivity index (χ0n) is 10.3. The van der Waals surface area contributed by atoms with Crippen LogP contribution in [0.5, 0.6) is 0 Å². The standard InChI is InChI=1S/C12H16N4S/c1-8-6-10(4-5-11(8)13)17-7-12-15-14-9(2)16(12)3/h4-6H,7,13H2,1-3H3. The molecule has 0 aliphatic carbocycles. The van der Waals surface area contributed by atoms with Crippen molar-refractivity contribution in [2.45, 2.75) is 24.5 Å². The zero-order valence-corrected chi connectivity index (χ0v) is 11.1. The maximum Gasteiger partial charge on any atom is 0.143 e. The first-order valence-corrected chi connectivity index (χ1v) is 6.40. The van der Waals surface area contributed by atoms with Crippen LogP contribution < -0.4 is 5.73 Å². The largest absolute Gasteiger partial charge is 0.399 e. The molecule has 0 fully saturated rings. The van der Waals surface area contributed by atoms with Gasteiger partial charge >= 0.3 is 0 Å². The topological polar surface area (TPSA) is 56.7 Å². The summed E-state index contributed by atoms with van der Waals surface area (Å²) in [5.74, 6) is 2.75. The summed E-state index contributed by atoms with van der Waals surface area (Å²) in [5, 5.41) is 8.18. The zero-order chi connectivity index (χ0) is 12.4. The summed E-state index contributed by atoms with van der Waals surface area (Å²) in [6, 6.07) is 6.08.